The average Bonchev–Trinajstić information content (AvgIpc) is 2.86. The van der Waals surface area contributed by atoms with E-state index in [4.69, 9.17) is 17.3 Å². The van der Waals surface area contributed by atoms with Crippen molar-refractivity contribution in [1.29, 1.82) is 0 Å². The van der Waals surface area contributed by atoms with E-state index >= 15 is 0 Å². The van der Waals surface area contributed by atoms with E-state index in [0.29, 0.717) is 21.3 Å². The lowest BCUT2D eigenvalue weighted by molar-refractivity contribution is -0.254. The highest BCUT2D eigenvalue weighted by atomic mass is 35.5. The van der Waals surface area contributed by atoms with Gasteiger partial charge >= 0.3 is 6.18 Å². The van der Waals surface area contributed by atoms with Gasteiger partial charge in [0.05, 0.1) is 12.1 Å². The summed E-state index contributed by atoms with van der Waals surface area (Å²) in [6, 6.07) is 7.38. The van der Waals surface area contributed by atoms with Crippen LogP contribution in [0, 0.1) is 6.92 Å². The number of aliphatic hydroxyl groups is 1. The summed E-state index contributed by atoms with van der Waals surface area (Å²) in [6.07, 6.45) is -5.74. The summed E-state index contributed by atoms with van der Waals surface area (Å²) in [5.41, 5.74) is 3.08. The Morgan fingerprint density at radius 3 is 2.44 bits per heavy atom. The highest BCUT2D eigenvalue weighted by Gasteiger charge is 2.62. The molecular formula is C15H13ClF3N5O. The summed E-state index contributed by atoms with van der Waals surface area (Å²) >= 11 is 5.80. The number of nitrogens with zero attached hydrogens (tertiary/aromatic N) is 4. The maximum absolute atomic E-state index is 13.6. The number of hydrogen-bond acceptors (Lipinski definition) is 6. The van der Waals surface area contributed by atoms with Crippen LogP contribution in [-0.2, 0) is 0 Å². The maximum atomic E-state index is 13.6. The van der Waals surface area contributed by atoms with E-state index in [1.54, 1.807) is 6.92 Å². The zero-order chi connectivity index (χ0) is 18.4. The molecule has 10 heteroatoms. The highest BCUT2D eigenvalue weighted by molar-refractivity contribution is 6.30. The Kier molecular flexibility index (Phi) is 4.08. The van der Waals surface area contributed by atoms with E-state index < -0.39 is 18.3 Å². The van der Waals surface area contributed by atoms with Crippen molar-refractivity contribution in [3.05, 3.63) is 46.6 Å². The van der Waals surface area contributed by atoms with E-state index in [1.165, 1.54) is 30.3 Å². The van der Waals surface area contributed by atoms with Crippen molar-refractivity contribution in [1.82, 2.24) is 9.97 Å². The fourth-order valence-corrected chi connectivity index (χ4v) is 2.62. The second-order valence-corrected chi connectivity index (χ2v) is 6.02. The number of halogens is 4. The molecule has 1 aromatic carbocycles. The number of aryl methyl sites for hydroxylation is 1. The Morgan fingerprint density at radius 1 is 1.24 bits per heavy atom. The molecule has 3 rings (SSSR count). The highest BCUT2D eigenvalue weighted by Crippen LogP contribution is 2.43. The summed E-state index contributed by atoms with van der Waals surface area (Å²) in [5.74, 6) is -0.455. The van der Waals surface area contributed by atoms with Gasteiger partial charge in [-0.1, -0.05) is 23.7 Å². The van der Waals surface area contributed by atoms with Crippen LogP contribution >= 0.6 is 11.6 Å². The van der Waals surface area contributed by atoms with Gasteiger partial charge in [0, 0.05) is 16.8 Å². The standard InChI is InChI=1S/C15H13ClF3N5O/c1-8-6-12(22-13(20)21-8)24-14(25,15(17,18)19)7-11(23-24)9-2-4-10(16)5-3-9/h2-6,25H,7H2,1H3,(H2,20,21,22)/t14-/m0/s1. The molecule has 132 valence electrons. The van der Waals surface area contributed by atoms with Gasteiger partial charge in [-0.2, -0.15) is 23.3 Å². The van der Waals surface area contributed by atoms with Crippen molar-refractivity contribution in [2.24, 2.45) is 5.10 Å². The number of hydrazone groups is 1. The molecule has 0 saturated carbocycles. The Morgan fingerprint density at radius 2 is 1.88 bits per heavy atom. The predicted molar refractivity (Wildman–Crippen MR) is 87.3 cm³/mol. The van der Waals surface area contributed by atoms with Gasteiger partial charge in [-0.25, -0.2) is 9.99 Å². The maximum Gasteiger partial charge on any atom is 0.438 e. The Labute approximate surface area is 145 Å². The molecule has 0 saturated heterocycles. The number of aromatic nitrogens is 2. The smallest absolute Gasteiger partial charge is 0.368 e. The van der Waals surface area contributed by atoms with Gasteiger partial charge in [0.1, 0.15) is 0 Å². The normalized spacial score (nSPS) is 20.7. The molecule has 0 spiro atoms. The molecule has 0 aliphatic carbocycles. The number of rotatable bonds is 2. The predicted octanol–water partition coefficient (Wildman–Crippen LogP) is 2.89. The van der Waals surface area contributed by atoms with Crippen molar-refractivity contribution < 1.29 is 18.3 Å². The second-order valence-electron chi connectivity index (χ2n) is 5.58. The zero-order valence-electron chi connectivity index (χ0n) is 12.9. The molecule has 3 N–H and O–H groups in total. The van der Waals surface area contributed by atoms with Crippen LogP contribution in [-0.4, -0.2) is 32.7 Å². The molecular weight excluding hydrogens is 359 g/mol. The zero-order valence-corrected chi connectivity index (χ0v) is 13.7. The summed E-state index contributed by atoms with van der Waals surface area (Å²) in [4.78, 5) is 7.59. The molecule has 1 atom stereocenters. The van der Waals surface area contributed by atoms with Crippen molar-refractivity contribution in [2.75, 3.05) is 10.7 Å². The number of anilines is 2. The first-order valence-corrected chi connectivity index (χ1v) is 7.52. The fraction of sp³-hybridized carbons (Fsp3) is 0.267. The van der Waals surface area contributed by atoms with E-state index in [9.17, 15) is 18.3 Å². The number of alkyl halides is 3. The largest absolute Gasteiger partial charge is 0.438 e. The van der Waals surface area contributed by atoms with Crippen LogP contribution in [0.1, 0.15) is 17.7 Å². The van der Waals surface area contributed by atoms with Gasteiger partial charge < -0.3 is 10.8 Å². The van der Waals surface area contributed by atoms with E-state index in [-0.39, 0.29) is 17.5 Å². The van der Waals surface area contributed by atoms with Crippen LogP contribution in [0.2, 0.25) is 5.02 Å². The second kappa shape index (κ2) is 5.85. The summed E-state index contributed by atoms with van der Waals surface area (Å²) in [7, 11) is 0. The molecule has 0 unspecified atom stereocenters. The first-order valence-electron chi connectivity index (χ1n) is 7.14. The third-order valence-electron chi connectivity index (χ3n) is 3.69. The first-order chi connectivity index (χ1) is 11.6. The lowest BCUT2D eigenvalue weighted by Crippen LogP contribution is -2.55. The topological polar surface area (TPSA) is 87.6 Å². The molecule has 0 bridgehead atoms. The van der Waals surface area contributed by atoms with Crippen LogP contribution in [0.4, 0.5) is 24.9 Å². The molecule has 6 nitrogen and oxygen atoms in total. The number of benzene rings is 1. The number of nitrogens with two attached hydrogens (primary N) is 1. The van der Waals surface area contributed by atoms with Crippen molar-refractivity contribution in [3.8, 4) is 0 Å². The van der Waals surface area contributed by atoms with Crippen LogP contribution < -0.4 is 10.7 Å². The molecule has 0 amide bonds. The Bertz CT molecular complexity index is 820. The Hall–Kier alpha value is -2.39. The number of nitrogen functional groups attached to an aromatic ring is 1. The molecule has 1 aromatic heterocycles. The quantitative estimate of drug-likeness (QED) is 0.847. The lowest BCUT2D eigenvalue weighted by atomic mass is 10.0. The minimum atomic E-state index is -4.97. The molecule has 25 heavy (non-hydrogen) atoms. The van der Waals surface area contributed by atoms with E-state index in [0.717, 1.165) is 0 Å². The van der Waals surface area contributed by atoms with Crippen molar-refractivity contribution >= 4 is 29.1 Å². The molecule has 2 aromatic rings. The number of hydrogen-bond donors (Lipinski definition) is 2. The Balaban J connectivity index is 2.11. The van der Waals surface area contributed by atoms with Gasteiger partial charge in [-0.05, 0) is 24.6 Å². The van der Waals surface area contributed by atoms with Crippen LogP contribution in [0.3, 0.4) is 0 Å². The van der Waals surface area contributed by atoms with Crippen molar-refractivity contribution in [3.63, 3.8) is 0 Å². The summed E-state index contributed by atoms with van der Waals surface area (Å²) < 4.78 is 40.7. The minimum absolute atomic E-state index is 0.0475. The molecule has 1 aliphatic rings. The van der Waals surface area contributed by atoms with E-state index in [1.807, 2.05) is 0 Å². The third-order valence-corrected chi connectivity index (χ3v) is 3.94. The minimum Gasteiger partial charge on any atom is -0.368 e. The van der Waals surface area contributed by atoms with Crippen LogP contribution in [0.5, 0.6) is 0 Å². The van der Waals surface area contributed by atoms with Gasteiger partial charge in [0.25, 0.3) is 5.72 Å². The van der Waals surface area contributed by atoms with Gasteiger partial charge in [0.2, 0.25) is 5.95 Å². The summed E-state index contributed by atoms with van der Waals surface area (Å²) in [5, 5.41) is 15.2. The molecule has 0 radical (unpaired) electrons. The van der Waals surface area contributed by atoms with E-state index in [2.05, 4.69) is 15.1 Å². The average molecular weight is 372 g/mol. The van der Waals surface area contributed by atoms with Crippen LogP contribution in [0.25, 0.3) is 0 Å². The fourth-order valence-electron chi connectivity index (χ4n) is 2.49. The van der Waals surface area contributed by atoms with Gasteiger partial charge in [-0.3, -0.25) is 0 Å². The van der Waals surface area contributed by atoms with Crippen LogP contribution in [0.15, 0.2) is 35.4 Å². The lowest BCUT2D eigenvalue weighted by Gasteiger charge is -2.33. The first kappa shape index (κ1) is 17.4. The molecule has 0 fully saturated rings. The molecule has 1 aliphatic heterocycles. The monoisotopic (exact) mass is 371 g/mol. The third kappa shape index (κ3) is 3.12. The van der Waals surface area contributed by atoms with Crippen molar-refractivity contribution in [2.45, 2.75) is 25.2 Å². The SMILES string of the molecule is Cc1cc(N2N=C(c3ccc(Cl)cc3)C[C@]2(O)C(F)(F)F)nc(N)n1. The molecule has 2 heterocycles. The summed E-state index contributed by atoms with van der Waals surface area (Å²) in [6.45, 7) is 1.55. The van der Waals surface area contributed by atoms with Gasteiger partial charge in [-0.15, -0.1) is 0 Å². The van der Waals surface area contributed by atoms with Gasteiger partial charge in [0.15, 0.2) is 5.82 Å².